The number of benzene rings is 2. The van der Waals surface area contributed by atoms with Crippen molar-refractivity contribution in [2.75, 3.05) is 27.3 Å². The van der Waals surface area contributed by atoms with Gasteiger partial charge >= 0.3 is 6.61 Å². The molecule has 0 spiro atoms. The lowest BCUT2D eigenvalue weighted by atomic mass is 10.1. The predicted molar refractivity (Wildman–Crippen MR) is 109 cm³/mol. The maximum absolute atomic E-state index is 12.6. The van der Waals surface area contributed by atoms with Crippen molar-refractivity contribution in [2.24, 2.45) is 4.99 Å². The minimum Gasteiger partial charge on any atom is -0.496 e. The Morgan fingerprint density at radius 1 is 1.00 bits per heavy atom. The minimum atomic E-state index is -2.90. The van der Waals surface area contributed by atoms with Gasteiger partial charge in [-0.2, -0.15) is 8.78 Å². The average Bonchev–Trinajstić information content (AvgIpc) is 2.72. The van der Waals surface area contributed by atoms with Gasteiger partial charge in [-0.3, -0.25) is 0 Å². The van der Waals surface area contributed by atoms with E-state index in [2.05, 4.69) is 20.4 Å². The molecule has 0 fully saturated rings. The summed E-state index contributed by atoms with van der Waals surface area (Å²) < 4.78 is 40.1. The van der Waals surface area contributed by atoms with Crippen molar-refractivity contribution >= 4 is 5.96 Å². The molecular weight excluding hydrogens is 380 g/mol. The van der Waals surface area contributed by atoms with E-state index in [1.54, 1.807) is 19.2 Å². The Kier molecular flexibility index (Phi) is 9.01. The lowest BCUT2D eigenvalue weighted by Gasteiger charge is -2.14. The number of alkyl halides is 2. The molecule has 0 saturated heterocycles. The fourth-order valence-electron chi connectivity index (χ4n) is 2.73. The third-order valence-electron chi connectivity index (χ3n) is 4.09. The maximum atomic E-state index is 12.6. The molecule has 6 nitrogen and oxygen atoms in total. The molecule has 0 aliphatic carbocycles. The van der Waals surface area contributed by atoms with Gasteiger partial charge in [0.05, 0.1) is 20.8 Å². The van der Waals surface area contributed by atoms with E-state index in [9.17, 15) is 8.78 Å². The van der Waals surface area contributed by atoms with E-state index >= 15 is 0 Å². The number of guanidine groups is 1. The second-order valence-electron chi connectivity index (χ2n) is 6.05. The number of ether oxygens (including phenoxy) is 3. The number of nitrogens with zero attached hydrogens (tertiary/aromatic N) is 1. The van der Waals surface area contributed by atoms with E-state index in [1.807, 2.05) is 37.3 Å². The first-order valence-electron chi connectivity index (χ1n) is 9.33. The Morgan fingerprint density at radius 2 is 1.76 bits per heavy atom. The monoisotopic (exact) mass is 407 g/mol. The Hall–Kier alpha value is -3.03. The number of halogens is 2. The molecule has 29 heavy (non-hydrogen) atoms. The summed E-state index contributed by atoms with van der Waals surface area (Å²) in [5, 5.41) is 6.43. The van der Waals surface area contributed by atoms with Gasteiger partial charge in [0.2, 0.25) is 0 Å². The van der Waals surface area contributed by atoms with E-state index in [4.69, 9.17) is 9.47 Å². The van der Waals surface area contributed by atoms with Crippen molar-refractivity contribution in [2.45, 2.75) is 26.5 Å². The van der Waals surface area contributed by atoms with Crippen LogP contribution < -0.4 is 24.8 Å². The SMILES string of the molecule is CCNC(=NCc1ccccc1OC)NCCc1ccc(OC)c(OC(F)F)c1. The van der Waals surface area contributed by atoms with E-state index < -0.39 is 6.61 Å². The van der Waals surface area contributed by atoms with Crippen LogP contribution in [-0.2, 0) is 13.0 Å². The third kappa shape index (κ3) is 7.14. The molecule has 0 aliphatic rings. The van der Waals surface area contributed by atoms with Crippen molar-refractivity contribution in [3.8, 4) is 17.2 Å². The van der Waals surface area contributed by atoms with Gasteiger partial charge in [-0.05, 0) is 37.1 Å². The lowest BCUT2D eigenvalue weighted by molar-refractivity contribution is -0.0512. The summed E-state index contributed by atoms with van der Waals surface area (Å²) in [6.07, 6.45) is 0.600. The summed E-state index contributed by atoms with van der Waals surface area (Å²) in [4.78, 5) is 4.58. The van der Waals surface area contributed by atoms with Gasteiger partial charge < -0.3 is 24.8 Å². The van der Waals surface area contributed by atoms with E-state index in [-0.39, 0.29) is 11.5 Å². The first kappa shape index (κ1) is 22.3. The number of rotatable bonds is 10. The van der Waals surface area contributed by atoms with Crippen molar-refractivity contribution in [1.29, 1.82) is 0 Å². The summed E-state index contributed by atoms with van der Waals surface area (Å²) in [5.74, 6) is 1.75. The molecule has 0 unspecified atom stereocenters. The zero-order valence-corrected chi connectivity index (χ0v) is 16.9. The van der Waals surface area contributed by atoms with Crippen LogP contribution in [0.3, 0.4) is 0 Å². The van der Waals surface area contributed by atoms with Gasteiger partial charge in [-0.1, -0.05) is 24.3 Å². The average molecular weight is 407 g/mol. The molecule has 0 amide bonds. The van der Waals surface area contributed by atoms with Gasteiger partial charge in [0.25, 0.3) is 0 Å². The zero-order chi connectivity index (χ0) is 21.1. The molecule has 0 saturated carbocycles. The molecule has 0 bridgehead atoms. The number of hydrogen-bond donors (Lipinski definition) is 2. The van der Waals surface area contributed by atoms with Crippen LogP contribution >= 0.6 is 0 Å². The second-order valence-corrected chi connectivity index (χ2v) is 6.05. The fourth-order valence-corrected chi connectivity index (χ4v) is 2.73. The number of hydrogen-bond acceptors (Lipinski definition) is 4. The first-order chi connectivity index (χ1) is 14.1. The first-order valence-corrected chi connectivity index (χ1v) is 9.33. The molecule has 2 aromatic rings. The number of methoxy groups -OCH3 is 2. The van der Waals surface area contributed by atoms with Crippen LogP contribution in [0.4, 0.5) is 8.78 Å². The van der Waals surface area contributed by atoms with Crippen LogP contribution in [0.5, 0.6) is 17.2 Å². The minimum absolute atomic E-state index is 0.0248. The molecule has 0 radical (unpaired) electrons. The van der Waals surface area contributed by atoms with Crippen molar-refractivity contribution in [1.82, 2.24) is 10.6 Å². The largest absolute Gasteiger partial charge is 0.496 e. The topological polar surface area (TPSA) is 64.1 Å². The van der Waals surface area contributed by atoms with Crippen molar-refractivity contribution in [3.05, 3.63) is 53.6 Å². The van der Waals surface area contributed by atoms with E-state index in [0.717, 1.165) is 16.9 Å². The van der Waals surface area contributed by atoms with Crippen LogP contribution in [0.15, 0.2) is 47.5 Å². The highest BCUT2D eigenvalue weighted by atomic mass is 19.3. The molecule has 2 N–H and O–H groups in total. The molecule has 2 aromatic carbocycles. The van der Waals surface area contributed by atoms with Gasteiger partial charge in [-0.25, -0.2) is 4.99 Å². The highest BCUT2D eigenvalue weighted by Crippen LogP contribution is 2.29. The van der Waals surface area contributed by atoms with E-state index in [0.29, 0.717) is 32.0 Å². The zero-order valence-electron chi connectivity index (χ0n) is 16.9. The van der Waals surface area contributed by atoms with Gasteiger partial charge in [0, 0.05) is 18.7 Å². The highest BCUT2D eigenvalue weighted by Gasteiger charge is 2.11. The molecule has 0 atom stereocenters. The molecule has 0 heterocycles. The van der Waals surface area contributed by atoms with Gasteiger partial charge in [0.15, 0.2) is 17.5 Å². The summed E-state index contributed by atoms with van der Waals surface area (Å²) in [5.41, 5.74) is 1.82. The molecular formula is C21H27F2N3O3. The lowest BCUT2D eigenvalue weighted by Crippen LogP contribution is -2.38. The summed E-state index contributed by atoms with van der Waals surface area (Å²) >= 11 is 0. The predicted octanol–water partition coefficient (Wildman–Crippen LogP) is 3.60. The number of para-hydroxylation sites is 1. The Bertz CT molecular complexity index is 800. The Morgan fingerprint density at radius 3 is 2.45 bits per heavy atom. The quantitative estimate of drug-likeness (QED) is 0.465. The normalized spacial score (nSPS) is 11.3. The maximum Gasteiger partial charge on any atom is 0.387 e. The standard InChI is InChI=1S/C21H27F2N3O3/c1-4-24-21(26-14-16-7-5-6-8-17(16)27-2)25-12-11-15-9-10-18(28-3)19(13-15)29-20(22)23/h5-10,13,20H,4,11-12,14H2,1-3H3,(H2,24,25,26). The number of nitrogens with one attached hydrogen (secondary N) is 2. The Balaban J connectivity index is 1.98. The molecule has 158 valence electrons. The fraction of sp³-hybridized carbons (Fsp3) is 0.381. The molecule has 0 aliphatic heterocycles. The van der Waals surface area contributed by atoms with Crippen molar-refractivity contribution in [3.63, 3.8) is 0 Å². The van der Waals surface area contributed by atoms with Crippen LogP contribution in [0.2, 0.25) is 0 Å². The second kappa shape index (κ2) is 11.7. The van der Waals surface area contributed by atoms with Crippen LogP contribution in [0.25, 0.3) is 0 Å². The summed E-state index contributed by atoms with van der Waals surface area (Å²) in [6.45, 7) is 0.830. The summed E-state index contributed by atoms with van der Waals surface area (Å²) in [7, 11) is 3.04. The highest BCUT2D eigenvalue weighted by molar-refractivity contribution is 5.79. The van der Waals surface area contributed by atoms with Gasteiger partial charge in [0.1, 0.15) is 5.75 Å². The molecule has 0 aromatic heterocycles. The van der Waals surface area contributed by atoms with Crippen LogP contribution in [0.1, 0.15) is 18.1 Å². The van der Waals surface area contributed by atoms with Crippen LogP contribution in [-0.4, -0.2) is 39.9 Å². The third-order valence-corrected chi connectivity index (χ3v) is 4.09. The molecule has 8 heteroatoms. The summed E-state index contributed by atoms with van der Waals surface area (Å²) in [6, 6.07) is 12.7. The van der Waals surface area contributed by atoms with E-state index in [1.165, 1.54) is 7.11 Å². The number of aliphatic imine (C=N–C) groups is 1. The van der Waals surface area contributed by atoms with Gasteiger partial charge in [-0.15, -0.1) is 0 Å². The van der Waals surface area contributed by atoms with Crippen molar-refractivity contribution < 1.29 is 23.0 Å². The smallest absolute Gasteiger partial charge is 0.387 e. The molecule has 2 rings (SSSR count). The van der Waals surface area contributed by atoms with Crippen LogP contribution in [0, 0.1) is 0 Å². The Labute approximate surface area is 169 Å².